The molecule has 2 rings (SSSR count). The smallest absolute Gasteiger partial charge is 0.146 e. The predicted octanol–water partition coefficient (Wildman–Crippen LogP) is 3.71. The zero-order valence-corrected chi connectivity index (χ0v) is 9.90. The van der Waals surface area contributed by atoms with Crippen LogP contribution in [0.3, 0.4) is 0 Å². The third kappa shape index (κ3) is 2.74. The zero-order chi connectivity index (χ0) is 12.3. The summed E-state index contributed by atoms with van der Waals surface area (Å²) in [6.07, 6.45) is 1.53. The average Bonchev–Trinajstić information content (AvgIpc) is 2.34. The zero-order valence-electron chi connectivity index (χ0n) is 9.14. The molecule has 2 aromatic rings. The van der Waals surface area contributed by atoms with Gasteiger partial charge in [0.1, 0.15) is 23.3 Å². The maximum atomic E-state index is 8.73. The van der Waals surface area contributed by atoms with E-state index in [-0.39, 0.29) is 0 Å². The third-order valence-electron chi connectivity index (χ3n) is 2.16. The van der Waals surface area contributed by atoms with Crippen molar-refractivity contribution in [1.82, 2.24) is 4.98 Å². The standard InChI is InChI=1S/C13H9ClN2O/c1-9-2-3-12(14)13(6-9)17-11-4-5-16-10(7-11)8-15/h2-7H,1H3. The number of aryl methyl sites for hydroxylation is 1. The molecule has 0 atom stereocenters. The number of pyridine rings is 1. The van der Waals surface area contributed by atoms with Crippen molar-refractivity contribution in [2.75, 3.05) is 0 Å². The number of hydrogen-bond donors (Lipinski definition) is 0. The maximum absolute atomic E-state index is 8.73. The first kappa shape index (κ1) is 11.4. The van der Waals surface area contributed by atoms with Crippen LogP contribution in [0.25, 0.3) is 0 Å². The second-order valence-electron chi connectivity index (χ2n) is 3.52. The Hall–Kier alpha value is -2.05. The highest BCUT2D eigenvalue weighted by molar-refractivity contribution is 6.32. The molecule has 0 aliphatic rings. The Morgan fingerprint density at radius 1 is 1.29 bits per heavy atom. The molecule has 17 heavy (non-hydrogen) atoms. The first-order chi connectivity index (χ1) is 8.19. The number of benzene rings is 1. The van der Waals surface area contributed by atoms with Crippen LogP contribution in [0.2, 0.25) is 5.02 Å². The molecular formula is C13H9ClN2O. The summed E-state index contributed by atoms with van der Waals surface area (Å²) in [7, 11) is 0. The maximum Gasteiger partial charge on any atom is 0.146 e. The van der Waals surface area contributed by atoms with Crippen LogP contribution in [0.5, 0.6) is 11.5 Å². The summed E-state index contributed by atoms with van der Waals surface area (Å²) in [4.78, 5) is 3.87. The van der Waals surface area contributed by atoms with E-state index in [9.17, 15) is 0 Å². The van der Waals surface area contributed by atoms with E-state index in [1.165, 1.54) is 6.20 Å². The number of ether oxygens (including phenoxy) is 1. The lowest BCUT2D eigenvalue weighted by Crippen LogP contribution is -1.88. The van der Waals surface area contributed by atoms with Gasteiger partial charge >= 0.3 is 0 Å². The third-order valence-corrected chi connectivity index (χ3v) is 2.47. The molecule has 84 valence electrons. The molecule has 0 saturated carbocycles. The van der Waals surface area contributed by atoms with Crippen LogP contribution in [-0.4, -0.2) is 4.98 Å². The van der Waals surface area contributed by atoms with Crippen LogP contribution in [0.15, 0.2) is 36.5 Å². The minimum atomic E-state index is 0.311. The summed E-state index contributed by atoms with van der Waals surface area (Å²) in [5, 5.41) is 9.27. The van der Waals surface area contributed by atoms with Gasteiger partial charge in [-0.3, -0.25) is 0 Å². The molecule has 3 nitrogen and oxygen atoms in total. The van der Waals surface area contributed by atoms with Crippen molar-refractivity contribution in [1.29, 1.82) is 5.26 Å². The summed E-state index contributed by atoms with van der Waals surface area (Å²) in [6, 6.07) is 10.7. The van der Waals surface area contributed by atoms with Gasteiger partial charge in [-0.15, -0.1) is 0 Å². The molecule has 4 heteroatoms. The van der Waals surface area contributed by atoms with Crippen molar-refractivity contribution in [3.05, 3.63) is 52.8 Å². The molecule has 0 fully saturated rings. The van der Waals surface area contributed by atoms with Gasteiger partial charge in [-0.25, -0.2) is 4.98 Å². The van der Waals surface area contributed by atoms with Gasteiger partial charge in [0.2, 0.25) is 0 Å². The Morgan fingerprint density at radius 2 is 2.12 bits per heavy atom. The Bertz CT molecular complexity index is 590. The lowest BCUT2D eigenvalue weighted by Gasteiger charge is -2.08. The van der Waals surface area contributed by atoms with Crippen LogP contribution in [0.4, 0.5) is 0 Å². The molecule has 0 radical (unpaired) electrons. The minimum absolute atomic E-state index is 0.311. The predicted molar refractivity (Wildman–Crippen MR) is 65.2 cm³/mol. The summed E-state index contributed by atoms with van der Waals surface area (Å²) >= 11 is 6.01. The van der Waals surface area contributed by atoms with Crippen LogP contribution in [0, 0.1) is 18.3 Å². The van der Waals surface area contributed by atoms with E-state index in [0.29, 0.717) is 22.2 Å². The minimum Gasteiger partial charge on any atom is -0.456 e. The molecule has 0 aliphatic carbocycles. The Morgan fingerprint density at radius 3 is 2.88 bits per heavy atom. The normalized spacial score (nSPS) is 9.71. The monoisotopic (exact) mass is 244 g/mol. The molecule has 0 bridgehead atoms. The van der Waals surface area contributed by atoms with Gasteiger partial charge in [0, 0.05) is 12.3 Å². The molecule has 1 aromatic heterocycles. The molecule has 1 heterocycles. The van der Waals surface area contributed by atoms with Crippen molar-refractivity contribution in [2.24, 2.45) is 0 Å². The largest absolute Gasteiger partial charge is 0.456 e. The van der Waals surface area contributed by atoms with Crippen LogP contribution in [0.1, 0.15) is 11.3 Å². The highest BCUT2D eigenvalue weighted by Crippen LogP contribution is 2.30. The quantitative estimate of drug-likeness (QED) is 0.809. The SMILES string of the molecule is Cc1ccc(Cl)c(Oc2ccnc(C#N)c2)c1. The van der Waals surface area contributed by atoms with Crippen LogP contribution >= 0.6 is 11.6 Å². The number of aromatic nitrogens is 1. The van der Waals surface area contributed by atoms with E-state index >= 15 is 0 Å². The van der Waals surface area contributed by atoms with Gasteiger partial charge in [0.25, 0.3) is 0 Å². The lowest BCUT2D eigenvalue weighted by molar-refractivity contribution is 0.481. The van der Waals surface area contributed by atoms with Crippen molar-refractivity contribution in [2.45, 2.75) is 6.92 Å². The Balaban J connectivity index is 2.31. The number of nitriles is 1. The first-order valence-electron chi connectivity index (χ1n) is 4.99. The Kier molecular flexibility index (Phi) is 3.27. The van der Waals surface area contributed by atoms with E-state index in [1.54, 1.807) is 18.2 Å². The topological polar surface area (TPSA) is 45.9 Å². The van der Waals surface area contributed by atoms with E-state index in [2.05, 4.69) is 4.98 Å². The summed E-state index contributed by atoms with van der Waals surface area (Å²) in [6.45, 7) is 1.95. The van der Waals surface area contributed by atoms with Gasteiger partial charge in [-0.1, -0.05) is 17.7 Å². The summed E-state index contributed by atoms with van der Waals surface area (Å²) in [5.74, 6) is 1.12. The van der Waals surface area contributed by atoms with Crippen LogP contribution in [-0.2, 0) is 0 Å². The summed E-state index contributed by atoms with van der Waals surface area (Å²) < 4.78 is 5.61. The molecule has 0 spiro atoms. The molecule has 0 aliphatic heterocycles. The fourth-order valence-electron chi connectivity index (χ4n) is 1.35. The van der Waals surface area contributed by atoms with E-state index in [4.69, 9.17) is 21.6 Å². The van der Waals surface area contributed by atoms with Gasteiger partial charge in [0.05, 0.1) is 5.02 Å². The van der Waals surface area contributed by atoms with Crippen molar-refractivity contribution < 1.29 is 4.74 Å². The summed E-state index contributed by atoms with van der Waals surface area (Å²) in [5.41, 5.74) is 1.37. The highest BCUT2D eigenvalue weighted by atomic mass is 35.5. The van der Waals surface area contributed by atoms with Crippen molar-refractivity contribution in [3.63, 3.8) is 0 Å². The molecule has 0 unspecified atom stereocenters. The molecule has 1 aromatic carbocycles. The fraction of sp³-hybridized carbons (Fsp3) is 0.0769. The number of halogens is 1. The van der Waals surface area contributed by atoms with Crippen molar-refractivity contribution in [3.8, 4) is 17.6 Å². The average molecular weight is 245 g/mol. The molecular weight excluding hydrogens is 236 g/mol. The highest BCUT2D eigenvalue weighted by Gasteiger charge is 2.04. The first-order valence-corrected chi connectivity index (χ1v) is 5.37. The van der Waals surface area contributed by atoms with Crippen molar-refractivity contribution >= 4 is 11.6 Å². The fourth-order valence-corrected chi connectivity index (χ4v) is 1.51. The molecule has 0 amide bonds. The van der Waals surface area contributed by atoms with Crippen LogP contribution < -0.4 is 4.74 Å². The lowest BCUT2D eigenvalue weighted by atomic mass is 10.2. The van der Waals surface area contributed by atoms with E-state index in [1.807, 2.05) is 25.1 Å². The second-order valence-corrected chi connectivity index (χ2v) is 3.93. The van der Waals surface area contributed by atoms with E-state index in [0.717, 1.165) is 5.56 Å². The number of rotatable bonds is 2. The van der Waals surface area contributed by atoms with Gasteiger partial charge in [-0.2, -0.15) is 5.26 Å². The van der Waals surface area contributed by atoms with Gasteiger partial charge in [0.15, 0.2) is 0 Å². The molecule has 0 saturated heterocycles. The van der Waals surface area contributed by atoms with E-state index < -0.39 is 0 Å². The number of nitrogens with zero attached hydrogens (tertiary/aromatic N) is 2. The second kappa shape index (κ2) is 4.86. The molecule has 0 N–H and O–H groups in total. The Labute approximate surface area is 104 Å². The van der Waals surface area contributed by atoms with Gasteiger partial charge < -0.3 is 4.74 Å². The van der Waals surface area contributed by atoms with Gasteiger partial charge in [-0.05, 0) is 30.7 Å². The number of hydrogen-bond acceptors (Lipinski definition) is 3.